The summed E-state index contributed by atoms with van der Waals surface area (Å²) in [6, 6.07) is 11.4. The molecule has 1 unspecified atom stereocenters. The Morgan fingerprint density at radius 1 is 1.12 bits per heavy atom. The highest BCUT2D eigenvalue weighted by Gasteiger charge is 2.13. The van der Waals surface area contributed by atoms with E-state index >= 15 is 0 Å². The molecule has 0 spiro atoms. The second-order valence-corrected chi connectivity index (χ2v) is 6.53. The molecule has 0 aliphatic carbocycles. The Hall–Kier alpha value is -2.76. The summed E-state index contributed by atoms with van der Waals surface area (Å²) >= 11 is 0. The Morgan fingerprint density at radius 3 is 2.31 bits per heavy atom. The second kappa shape index (κ2) is 9.08. The first-order valence-corrected chi connectivity index (χ1v) is 8.70. The van der Waals surface area contributed by atoms with Crippen molar-refractivity contribution in [3.63, 3.8) is 0 Å². The van der Waals surface area contributed by atoms with Crippen LogP contribution in [0.1, 0.15) is 32.8 Å². The fraction of sp³-hybridized carbons (Fsp3) is 0.400. The van der Waals surface area contributed by atoms with Gasteiger partial charge in [0.15, 0.2) is 0 Å². The molecule has 1 atom stereocenters. The van der Waals surface area contributed by atoms with E-state index in [9.17, 15) is 4.79 Å². The van der Waals surface area contributed by atoms with E-state index < -0.39 is 6.09 Å². The molecule has 6 nitrogen and oxygen atoms in total. The quantitative estimate of drug-likeness (QED) is 0.747. The number of benzene rings is 1. The summed E-state index contributed by atoms with van der Waals surface area (Å²) < 4.78 is 11.3. The molecule has 1 N–H and O–H groups in total. The summed E-state index contributed by atoms with van der Waals surface area (Å²) in [5.41, 5.74) is 1.14. The Bertz CT molecular complexity index is 699. The maximum absolute atomic E-state index is 10.9. The third-order valence-electron chi connectivity index (χ3n) is 4.04. The number of nitrogens with zero attached hydrogens (tertiary/aromatic N) is 2. The van der Waals surface area contributed by atoms with Crippen molar-refractivity contribution < 1.29 is 19.4 Å². The topological polar surface area (TPSA) is 71.9 Å². The number of carboxylic acid groups (broad SMARTS) is 1. The summed E-state index contributed by atoms with van der Waals surface area (Å²) in [5.74, 6) is 1.94. The van der Waals surface area contributed by atoms with Gasteiger partial charge in [-0.25, -0.2) is 9.78 Å². The molecule has 0 saturated carbocycles. The lowest BCUT2D eigenvalue weighted by molar-refractivity contribution is 0.140. The summed E-state index contributed by atoms with van der Waals surface area (Å²) in [6.45, 7) is 5.81. The molecule has 0 aliphatic rings. The van der Waals surface area contributed by atoms with Crippen LogP contribution in [0.25, 0.3) is 0 Å². The minimum atomic E-state index is -0.903. The van der Waals surface area contributed by atoms with E-state index in [0.717, 1.165) is 24.2 Å². The van der Waals surface area contributed by atoms with Crippen molar-refractivity contribution in [2.75, 3.05) is 7.05 Å². The first-order valence-electron chi connectivity index (χ1n) is 8.70. The Labute approximate surface area is 154 Å². The van der Waals surface area contributed by atoms with Gasteiger partial charge in [0.1, 0.15) is 11.5 Å². The molecule has 0 saturated heterocycles. The SMILES string of the molecule is CC(C)Oc1ccc(Oc2ccc(CCC(C)N(C)C(=O)O)cc2)cn1. The minimum Gasteiger partial charge on any atom is -0.475 e. The van der Waals surface area contributed by atoms with Crippen molar-refractivity contribution in [2.45, 2.75) is 45.8 Å². The standard InChI is InChI=1S/C20H26N2O4/c1-14(2)25-19-12-11-18(13-21-19)26-17-9-7-16(8-10-17)6-5-15(3)22(4)20(23)24/h7-15H,5-6H2,1-4H3,(H,23,24). The molecule has 6 heteroatoms. The lowest BCUT2D eigenvalue weighted by atomic mass is 10.1. The van der Waals surface area contributed by atoms with Gasteiger partial charge < -0.3 is 19.5 Å². The molecule has 140 valence electrons. The maximum atomic E-state index is 10.9. The van der Waals surface area contributed by atoms with Crippen molar-refractivity contribution in [2.24, 2.45) is 0 Å². The van der Waals surface area contributed by atoms with Gasteiger partial charge in [0, 0.05) is 19.2 Å². The van der Waals surface area contributed by atoms with Gasteiger partial charge in [0.2, 0.25) is 5.88 Å². The second-order valence-electron chi connectivity index (χ2n) is 6.53. The molecule has 1 aromatic heterocycles. The average Bonchev–Trinajstić information content (AvgIpc) is 2.61. The highest BCUT2D eigenvalue weighted by molar-refractivity contribution is 5.64. The Morgan fingerprint density at radius 2 is 1.77 bits per heavy atom. The number of amides is 1. The maximum Gasteiger partial charge on any atom is 0.407 e. The summed E-state index contributed by atoms with van der Waals surface area (Å²) in [6.07, 6.45) is 2.39. The monoisotopic (exact) mass is 358 g/mol. The number of pyridine rings is 1. The highest BCUT2D eigenvalue weighted by atomic mass is 16.5. The normalized spacial score (nSPS) is 11.9. The van der Waals surface area contributed by atoms with Crippen molar-refractivity contribution in [1.82, 2.24) is 9.88 Å². The number of ether oxygens (including phenoxy) is 2. The van der Waals surface area contributed by atoms with E-state index in [1.807, 2.05) is 51.1 Å². The highest BCUT2D eigenvalue weighted by Crippen LogP contribution is 2.23. The molecular weight excluding hydrogens is 332 g/mol. The van der Waals surface area contributed by atoms with Gasteiger partial charge in [-0.3, -0.25) is 0 Å². The van der Waals surface area contributed by atoms with Gasteiger partial charge in [-0.15, -0.1) is 0 Å². The lowest BCUT2D eigenvalue weighted by Gasteiger charge is -2.21. The Kier molecular flexibility index (Phi) is 6.83. The largest absolute Gasteiger partial charge is 0.475 e. The van der Waals surface area contributed by atoms with E-state index in [2.05, 4.69) is 4.98 Å². The van der Waals surface area contributed by atoms with Crippen molar-refractivity contribution in [3.05, 3.63) is 48.2 Å². The van der Waals surface area contributed by atoms with Crippen LogP contribution < -0.4 is 9.47 Å². The minimum absolute atomic E-state index is 0.0268. The van der Waals surface area contributed by atoms with Gasteiger partial charge in [-0.2, -0.15) is 0 Å². The molecule has 2 aromatic rings. The van der Waals surface area contributed by atoms with Crippen molar-refractivity contribution >= 4 is 6.09 Å². The van der Waals surface area contributed by atoms with E-state index in [1.54, 1.807) is 19.3 Å². The zero-order valence-electron chi connectivity index (χ0n) is 15.7. The van der Waals surface area contributed by atoms with Crippen LogP contribution >= 0.6 is 0 Å². The molecule has 2 rings (SSSR count). The van der Waals surface area contributed by atoms with Crippen LogP contribution in [0.4, 0.5) is 4.79 Å². The van der Waals surface area contributed by atoms with Gasteiger partial charge in [0.05, 0.1) is 12.3 Å². The zero-order valence-corrected chi connectivity index (χ0v) is 15.7. The van der Waals surface area contributed by atoms with Crippen molar-refractivity contribution in [3.8, 4) is 17.4 Å². The number of hydrogen-bond acceptors (Lipinski definition) is 4. The molecule has 0 bridgehead atoms. The number of aryl methyl sites for hydroxylation is 1. The van der Waals surface area contributed by atoms with Gasteiger partial charge in [-0.05, 0) is 57.4 Å². The van der Waals surface area contributed by atoms with Crippen LogP contribution in [-0.4, -0.2) is 40.3 Å². The number of rotatable bonds is 8. The van der Waals surface area contributed by atoms with E-state index in [1.165, 1.54) is 4.90 Å². The predicted octanol–water partition coefficient (Wildman–Crippen LogP) is 4.59. The molecule has 0 radical (unpaired) electrons. The summed E-state index contributed by atoms with van der Waals surface area (Å²) in [4.78, 5) is 16.5. The molecule has 1 aromatic carbocycles. The molecule has 0 fully saturated rings. The first kappa shape index (κ1) is 19.6. The molecule has 26 heavy (non-hydrogen) atoms. The molecule has 1 amide bonds. The van der Waals surface area contributed by atoms with Crippen LogP contribution in [0.5, 0.6) is 17.4 Å². The summed E-state index contributed by atoms with van der Waals surface area (Å²) in [7, 11) is 1.59. The zero-order chi connectivity index (χ0) is 19.1. The third-order valence-corrected chi connectivity index (χ3v) is 4.04. The molecule has 0 aliphatic heterocycles. The summed E-state index contributed by atoms with van der Waals surface area (Å²) in [5, 5.41) is 8.98. The van der Waals surface area contributed by atoms with E-state index in [-0.39, 0.29) is 12.1 Å². The van der Waals surface area contributed by atoms with Gasteiger partial charge in [-0.1, -0.05) is 12.1 Å². The number of hydrogen-bond donors (Lipinski definition) is 1. The number of aromatic nitrogens is 1. The van der Waals surface area contributed by atoms with E-state index in [0.29, 0.717) is 11.6 Å². The number of carbonyl (C=O) groups is 1. The van der Waals surface area contributed by atoms with Crippen LogP contribution in [-0.2, 0) is 6.42 Å². The third kappa shape index (κ3) is 5.95. The van der Waals surface area contributed by atoms with Gasteiger partial charge in [0.25, 0.3) is 0 Å². The predicted molar refractivity (Wildman–Crippen MR) is 100 cm³/mol. The smallest absolute Gasteiger partial charge is 0.407 e. The van der Waals surface area contributed by atoms with Crippen LogP contribution in [0.3, 0.4) is 0 Å². The van der Waals surface area contributed by atoms with Crippen LogP contribution in [0.15, 0.2) is 42.6 Å². The first-order chi connectivity index (χ1) is 12.3. The molecule has 1 heterocycles. The Balaban J connectivity index is 1.88. The fourth-order valence-corrected chi connectivity index (χ4v) is 2.36. The van der Waals surface area contributed by atoms with Gasteiger partial charge >= 0.3 is 6.09 Å². The van der Waals surface area contributed by atoms with Crippen LogP contribution in [0.2, 0.25) is 0 Å². The molecular formula is C20H26N2O4. The van der Waals surface area contributed by atoms with Crippen molar-refractivity contribution in [1.29, 1.82) is 0 Å². The van der Waals surface area contributed by atoms with E-state index in [4.69, 9.17) is 14.6 Å². The average molecular weight is 358 g/mol. The van der Waals surface area contributed by atoms with Crippen LogP contribution in [0, 0.1) is 0 Å². The fourth-order valence-electron chi connectivity index (χ4n) is 2.36. The lowest BCUT2D eigenvalue weighted by Crippen LogP contribution is -2.34.